The number of alkyl halides is 2. The predicted molar refractivity (Wildman–Crippen MR) is 74.9 cm³/mol. The lowest BCUT2D eigenvalue weighted by molar-refractivity contribution is 0.116. The Bertz CT molecular complexity index is 795. The van der Waals surface area contributed by atoms with Gasteiger partial charge in [0.2, 0.25) is 5.95 Å². The van der Waals surface area contributed by atoms with Crippen molar-refractivity contribution in [3.8, 4) is 11.5 Å². The molecule has 2 heterocycles. The van der Waals surface area contributed by atoms with Gasteiger partial charge in [0.05, 0.1) is 11.3 Å². The highest BCUT2D eigenvalue weighted by molar-refractivity contribution is 5.57. The molecule has 2 N–H and O–H groups in total. The van der Waals surface area contributed by atoms with Crippen molar-refractivity contribution in [2.45, 2.75) is 12.8 Å². The highest BCUT2D eigenvalue weighted by Gasteiger charge is 2.20. The SMILES string of the molecule is ONc1ncc(-c2nnc(C(F)F)o2)c(Cc2ccccc2)n1. The van der Waals surface area contributed by atoms with Crippen molar-refractivity contribution in [2.75, 3.05) is 5.48 Å². The second-order valence-electron chi connectivity index (χ2n) is 4.57. The van der Waals surface area contributed by atoms with Gasteiger partial charge in [0, 0.05) is 12.6 Å². The van der Waals surface area contributed by atoms with Gasteiger partial charge in [-0.15, -0.1) is 10.2 Å². The molecule has 0 saturated carbocycles. The molecular formula is C14H11F2N5O2. The molecule has 118 valence electrons. The fourth-order valence-corrected chi connectivity index (χ4v) is 2.01. The lowest BCUT2D eigenvalue weighted by atomic mass is 10.1. The normalized spacial score (nSPS) is 11.0. The van der Waals surface area contributed by atoms with E-state index in [2.05, 4.69) is 20.2 Å². The van der Waals surface area contributed by atoms with Crippen molar-refractivity contribution in [2.24, 2.45) is 0 Å². The van der Waals surface area contributed by atoms with Gasteiger partial charge in [0.1, 0.15) is 0 Å². The molecule has 2 aromatic heterocycles. The van der Waals surface area contributed by atoms with E-state index in [4.69, 9.17) is 9.62 Å². The summed E-state index contributed by atoms with van der Waals surface area (Å²) in [7, 11) is 0. The van der Waals surface area contributed by atoms with E-state index in [1.807, 2.05) is 35.8 Å². The number of halogens is 2. The van der Waals surface area contributed by atoms with E-state index < -0.39 is 12.3 Å². The monoisotopic (exact) mass is 319 g/mol. The summed E-state index contributed by atoms with van der Waals surface area (Å²) in [6.07, 6.45) is -1.15. The molecule has 0 aliphatic rings. The molecule has 9 heteroatoms. The molecule has 0 unspecified atom stereocenters. The van der Waals surface area contributed by atoms with Crippen LogP contribution in [-0.4, -0.2) is 25.4 Å². The summed E-state index contributed by atoms with van der Waals surface area (Å²) in [5, 5.41) is 15.8. The average Bonchev–Trinajstić information content (AvgIpc) is 3.06. The number of nitrogens with zero attached hydrogens (tertiary/aromatic N) is 4. The lowest BCUT2D eigenvalue weighted by Crippen LogP contribution is -2.03. The maximum Gasteiger partial charge on any atom is 0.314 e. The second-order valence-corrected chi connectivity index (χ2v) is 4.57. The van der Waals surface area contributed by atoms with E-state index in [0.29, 0.717) is 17.7 Å². The standard InChI is InChI=1S/C14H11F2N5O2/c15-11(16)13-20-19-12(23-13)9-7-17-14(21-22)18-10(9)6-8-4-2-1-3-5-8/h1-5,7,11,22H,6H2,(H,17,18,21). The summed E-state index contributed by atoms with van der Waals surface area (Å²) in [5.41, 5.74) is 3.56. The summed E-state index contributed by atoms with van der Waals surface area (Å²) < 4.78 is 30.1. The van der Waals surface area contributed by atoms with Crippen LogP contribution in [0.3, 0.4) is 0 Å². The molecule has 0 saturated heterocycles. The van der Waals surface area contributed by atoms with Crippen LogP contribution in [0.2, 0.25) is 0 Å². The van der Waals surface area contributed by atoms with E-state index in [0.717, 1.165) is 5.56 Å². The maximum atomic E-state index is 12.6. The van der Waals surface area contributed by atoms with Crippen molar-refractivity contribution >= 4 is 5.95 Å². The zero-order chi connectivity index (χ0) is 16.2. The van der Waals surface area contributed by atoms with Crippen LogP contribution in [0.25, 0.3) is 11.5 Å². The first-order chi connectivity index (χ1) is 11.2. The van der Waals surface area contributed by atoms with Gasteiger partial charge in [0.25, 0.3) is 11.8 Å². The summed E-state index contributed by atoms with van der Waals surface area (Å²) in [6, 6.07) is 9.37. The minimum absolute atomic E-state index is 0.0201. The lowest BCUT2D eigenvalue weighted by Gasteiger charge is -2.07. The number of benzene rings is 1. The number of nitrogens with one attached hydrogen (secondary N) is 1. The number of hydrogen-bond acceptors (Lipinski definition) is 7. The fraction of sp³-hybridized carbons (Fsp3) is 0.143. The Morgan fingerprint density at radius 3 is 2.61 bits per heavy atom. The molecule has 3 rings (SSSR count). The molecule has 0 atom stereocenters. The maximum absolute atomic E-state index is 12.6. The topological polar surface area (TPSA) is 97.0 Å². The minimum atomic E-state index is -2.85. The molecule has 0 bridgehead atoms. The molecule has 3 aromatic rings. The summed E-state index contributed by atoms with van der Waals surface area (Å²) in [5.74, 6) is -0.890. The number of aromatic nitrogens is 4. The third-order valence-corrected chi connectivity index (χ3v) is 3.04. The third-order valence-electron chi connectivity index (χ3n) is 3.04. The fourth-order valence-electron chi connectivity index (χ4n) is 2.01. The molecule has 7 nitrogen and oxygen atoms in total. The van der Waals surface area contributed by atoms with Crippen LogP contribution in [0.15, 0.2) is 40.9 Å². The van der Waals surface area contributed by atoms with Gasteiger partial charge in [0.15, 0.2) is 0 Å². The van der Waals surface area contributed by atoms with Crippen LogP contribution in [0.4, 0.5) is 14.7 Å². The summed E-state index contributed by atoms with van der Waals surface area (Å²) in [6.45, 7) is 0. The van der Waals surface area contributed by atoms with Gasteiger partial charge in [-0.1, -0.05) is 30.3 Å². The van der Waals surface area contributed by atoms with Crippen LogP contribution in [0, 0.1) is 0 Å². The predicted octanol–water partition coefficient (Wildman–Crippen LogP) is 2.86. The van der Waals surface area contributed by atoms with Crippen molar-refractivity contribution in [1.82, 2.24) is 20.2 Å². The van der Waals surface area contributed by atoms with Gasteiger partial charge in [-0.3, -0.25) is 5.21 Å². The van der Waals surface area contributed by atoms with Crippen molar-refractivity contribution in [3.05, 3.63) is 53.7 Å². The van der Waals surface area contributed by atoms with Crippen LogP contribution >= 0.6 is 0 Å². The zero-order valence-corrected chi connectivity index (χ0v) is 11.6. The first kappa shape index (κ1) is 15.0. The van der Waals surface area contributed by atoms with E-state index in [1.165, 1.54) is 6.20 Å². The Balaban J connectivity index is 2.01. The average molecular weight is 319 g/mol. The molecule has 0 spiro atoms. The van der Waals surface area contributed by atoms with E-state index in [9.17, 15) is 8.78 Å². The molecule has 1 aromatic carbocycles. The van der Waals surface area contributed by atoms with Crippen LogP contribution in [-0.2, 0) is 6.42 Å². The third kappa shape index (κ3) is 3.29. The molecule has 0 fully saturated rings. The van der Waals surface area contributed by atoms with Crippen LogP contribution in [0.5, 0.6) is 0 Å². The van der Waals surface area contributed by atoms with Gasteiger partial charge in [-0.2, -0.15) is 8.78 Å². The van der Waals surface area contributed by atoms with Gasteiger partial charge < -0.3 is 4.42 Å². The second kappa shape index (κ2) is 6.44. The molecule has 0 amide bonds. The Morgan fingerprint density at radius 1 is 1.17 bits per heavy atom. The van der Waals surface area contributed by atoms with Crippen LogP contribution < -0.4 is 5.48 Å². The van der Waals surface area contributed by atoms with Gasteiger partial charge >= 0.3 is 6.43 Å². The Morgan fingerprint density at radius 2 is 1.96 bits per heavy atom. The smallest absolute Gasteiger partial charge is 0.314 e. The van der Waals surface area contributed by atoms with Gasteiger partial charge in [-0.05, 0) is 5.56 Å². The van der Waals surface area contributed by atoms with E-state index in [-0.39, 0.29) is 11.8 Å². The van der Waals surface area contributed by atoms with Gasteiger partial charge in [-0.25, -0.2) is 15.4 Å². The molecule has 0 aliphatic carbocycles. The Hall–Kier alpha value is -2.94. The number of anilines is 1. The molecule has 0 radical (unpaired) electrons. The van der Waals surface area contributed by atoms with E-state index >= 15 is 0 Å². The minimum Gasteiger partial charge on any atom is -0.415 e. The highest BCUT2D eigenvalue weighted by atomic mass is 19.3. The number of rotatable bonds is 5. The quantitative estimate of drug-likeness (QED) is 0.698. The molecule has 23 heavy (non-hydrogen) atoms. The molecule has 0 aliphatic heterocycles. The van der Waals surface area contributed by atoms with E-state index in [1.54, 1.807) is 0 Å². The zero-order valence-electron chi connectivity index (χ0n) is 11.6. The van der Waals surface area contributed by atoms with Crippen LogP contribution in [0.1, 0.15) is 23.6 Å². The largest absolute Gasteiger partial charge is 0.415 e. The first-order valence-corrected chi connectivity index (χ1v) is 6.59. The first-order valence-electron chi connectivity index (χ1n) is 6.59. The summed E-state index contributed by atoms with van der Waals surface area (Å²) >= 11 is 0. The Kier molecular flexibility index (Phi) is 4.20. The van der Waals surface area contributed by atoms with Crippen molar-refractivity contribution < 1.29 is 18.4 Å². The highest BCUT2D eigenvalue weighted by Crippen LogP contribution is 2.26. The van der Waals surface area contributed by atoms with Crippen molar-refractivity contribution in [1.29, 1.82) is 0 Å². The molecular weight excluding hydrogens is 308 g/mol. The van der Waals surface area contributed by atoms with Crippen molar-refractivity contribution in [3.63, 3.8) is 0 Å². The number of hydrogen-bond donors (Lipinski definition) is 2. The Labute approximate surface area is 129 Å². The summed E-state index contributed by atoms with van der Waals surface area (Å²) in [4.78, 5) is 7.97.